The van der Waals surface area contributed by atoms with Gasteiger partial charge in [0.1, 0.15) is 6.04 Å². The molecule has 0 radical (unpaired) electrons. The van der Waals surface area contributed by atoms with Crippen LogP contribution in [0.3, 0.4) is 0 Å². The van der Waals surface area contributed by atoms with Gasteiger partial charge in [0.05, 0.1) is 13.7 Å². The summed E-state index contributed by atoms with van der Waals surface area (Å²) in [6, 6.07) is -0.104. The zero-order valence-electron chi connectivity index (χ0n) is 9.90. The topological polar surface area (TPSA) is 55.8 Å². The van der Waals surface area contributed by atoms with Crippen LogP contribution in [0.2, 0.25) is 0 Å². The molecule has 92 valence electrons. The number of esters is 2. The number of ether oxygens (including phenoxy) is 2. The molecule has 1 aliphatic rings. The van der Waals surface area contributed by atoms with Crippen LogP contribution < -0.4 is 0 Å². The first-order valence-electron chi connectivity index (χ1n) is 5.66. The molecule has 5 nitrogen and oxygen atoms in total. The van der Waals surface area contributed by atoms with Crippen molar-refractivity contribution in [2.24, 2.45) is 0 Å². The molecule has 16 heavy (non-hydrogen) atoms. The maximum atomic E-state index is 11.2. The number of likely N-dealkylation sites (tertiary alicyclic amines) is 1. The normalized spacial score (nSPS) is 20.0. The summed E-state index contributed by atoms with van der Waals surface area (Å²) in [5.41, 5.74) is 0. The van der Waals surface area contributed by atoms with Crippen LogP contribution in [0.5, 0.6) is 0 Å². The van der Waals surface area contributed by atoms with Gasteiger partial charge in [-0.05, 0) is 26.3 Å². The SMILES string of the molecule is CCOC(=O)CCCN1CCC1C(=O)OC. The highest BCUT2D eigenvalue weighted by Gasteiger charge is 2.34. The van der Waals surface area contributed by atoms with Crippen molar-refractivity contribution in [3.05, 3.63) is 0 Å². The smallest absolute Gasteiger partial charge is 0.323 e. The van der Waals surface area contributed by atoms with E-state index in [0.29, 0.717) is 13.0 Å². The van der Waals surface area contributed by atoms with E-state index in [1.54, 1.807) is 6.92 Å². The first-order valence-corrected chi connectivity index (χ1v) is 5.66. The van der Waals surface area contributed by atoms with Gasteiger partial charge in [0.2, 0.25) is 0 Å². The average molecular weight is 229 g/mol. The molecule has 1 atom stereocenters. The largest absolute Gasteiger partial charge is 0.468 e. The first-order chi connectivity index (χ1) is 7.69. The molecule has 0 aromatic heterocycles. The molecule has 0 spiro atoms. The van der Waals surface area contributed by atoms with E-state index in [1.165, 1.54) is 7.11 Å². The highest BCUT2D eigenvalue weighted by atomic mass is 16.5. The lowest BCUT2D eigenvalue weighted by molar-refractivity contribution is -0.151. The molecule has 1 rings (SSSR count). The molecule has 1 unspecified atom stereocenters. The summed E-state index contributed by atoms with van der Waals surface area (Å²) in [6.45, 7) is 3.87. The van der Waals surface area contributed by atoms with Crippen LogP contribution >= 0.6 is 0 Å². The van der Waals surface area contributed by atoms with Crippen LogP contribution in [-0.4, -0.2) is 49.7 Å². The summed E-state index contributed by atoms with van der Waals surface area (Å²) >= 11 is 0. The Kier molecular flexibility index (Phi) is 5.25. The third kappa shape index (κ3) is 3.48. The number of nitrogens with zero attached hydrogens (tertiary/aromatic N) is 1. The van der Waals surface area contributed by atoms with Crippen molar-refractivity contribution < 1.29 is 19.1 Å². The summed E-state index contributed by atoms with van der Waals surface area (Å²) in [4.78, 5) is 24.4. The van der Waals surface area contributed by atoms with Crippen molar-refractivity contribution in [3.63, 3.8) is 0 Å². The van der Waals surface area contributed by atoms with Crippen molar-refractivity contribution in [1.29, 1.82) is 0 Å². The zero-order valence-corrected chi connectivity index (χ0v) is 9.90. The van der Waals surface area contributed by atoms with E-state index >= 15 is 0 Å². The van der Waals surface area contributed by atoms with Crippen LogP contribution in [0.4, 0.5) is 0 Å². The molecule has 0 saturated carbocycles. The molecule has 0 N–H and O–H groups in total. The predicted molar refractivity (Wildman–Crippen MR) is 57.9 cm³/mol. The number of hydrogen-bond donors (Lipinski definition) is 0. The van der Waals surface area contributed by atoms with Crippen LogP contribution in [-0.2, 0) is 19.1 Å². The van der Waals surface area contributed by atoms with E-state index in [1.807, 2.05) is 4.90 Å². The molecule has 5 heteroatoms. The van der Waals surface area contributed by atoms with Gasteiger partial charge >= 0.3 is 11.9 Å². The van der Waals surface area contributed by atoms with Crippen molar-refractivity contribution in [1.82, 2.24) is 4.90 Å². The molecule has 0 bridgehead atoms. The fourth-order valence-electron chi connectivity index (χ4n) is 1.77. The number of carbonyl (C=O) groups is 2. The molecule has 1 heterocycles. The minimum Gasteiger partial charge on any atom is -0.468 e. The van der Waals surface area contributed by atoms with Gasteiger partial charge in [-0.1, -0.05) is 0 Å². The van der Waals surface area contributed by atoms with Crippen LogP contribution in [0, 0.1) is 0 Å². The number of carbonyl (C=O) groups excluding carboxylic acids is 2. The second kappa shape index (κ2) is 6.48. The summed E-state index contributed by atoms with van der Waals surface area (Å²) in [5, 5.41) is 0. The van der Waals surface area contributed by atoms with Gasteiger partial charge in [0, 0.05) is 13.0 Å². The second-order valence-corrected chi connectivity index (χ2v) is 3.77. The summed E-state index contributed by atoms with van der Waals surface area (Å²) in [6.07, 6.45) is 2.00. The Morgan fingerprint density at radius 2 is 2.19 bits per heavy atom. The van der Waals surface area contributed by atoms with Gasteiger partial charge in [-0.2, -0.15) is 0 Å². The molecule has 0 aromatic carbocycles. The maximum absolute atomic E-state index is 11.2. The van der Waals surface area contributed by atoms with Crippen LogP contribution in [0.1, 0.15) is 26.2 Å². The van der Waals surface area contributed by atoms with Crippen molar-refractivity contribution in [2.45, 2.75) is 32.2 Å². The Labute approximate surface area is 95.7 Å². The number of rotatable bonds is 6. The lowest BCUT2D eigenvalue weighted by Crippen LogP contribution is -2.53. The molecule has 1 aliphatic heterocycles. The minimum absolute atomic E-state index is 0.104. The van der Waals surface area contributed by atoms with Crippen molar-refractivity contribution in [2.75, 3.05) is 26.8 Å². The highest BCUT2D eigenvalue weighted by molar-refractivity contribution is 5.76. The van der Waals surface area contributed by atoms with Gasteiger partial charge < -0.3 is 9.47 Å². The minimum atomic E-state index is -0.178. The molecule has 1 fully saturated rings. The maximum Gasteiger partial charge on any atom is 0.323 e. The lowest BCUT2D eigenvalue weighted by Gasteiger charge is -2.38. The summed E-state index contributed by atoms with van der Waals surface area (Å²) in [7, 11) is 1.40. The molecular weight excluding hydrogens is 210 g/mol. The fourth-order valence-corrected chi connectivity index (χ4v) is 1.77. The van der Waals surface area contributed by atoms with Gasteiger partial charge in [-0.3, -0.25) is 14.5 Å². The Morgan fingerprint density at radius 1 is 1.44 bits per heavy atom. The van der Waals surface area contributed by atoms with Crippen molar-refractivity contribution >= 4 is 11.9 Å². The van der Waals surface area contributed by atoms with Gasteiger partial charge in [0.25, 0.3) is 0 Å². The third-order valence-electron chi connectivity index (χ3n) is 2.74. The fraction of sp³-hybridized carbons (Fsp3) is 0.818. The van der Waals surface area contributed by atoms with Gasteiger partial charge in [0.15, 0.2) is 0 Å². The first kappa shape index (κ1) is 13.0. The second-order valence-electron chi connectivity index (χ2n) is 3.77. The Hall–Kier alpha value is -1.10. The summed E-state index contributed by atoms with van der Waals surface area (Å²) < 4.78 is 9.50. The van der Waals surface area contributed by atoms with E-state index in [9.17, 15) is 9.59 Å². The average Bonchev–Trinajstić information content (AvgIpc) is 2.23. The molecule has 0 aromatic rings. The number of hydrogen-bond acceptors (Lipinski definition) is 5. The van der Waals surface area contributed by atoms with E-state index in [0.717, 1.165) is 25.9 Å². The summed E-state index contributed by atoms with van der Waals surface area (Å²) in [5.74, 6) is -0.347. The molecule has 0 amide bonds. The molecular formula is C11H19NO4. The van der Waals surface area contributed by atoms with E-state index in [-0.39, 0.29) is 18.0 Å². The Morgan fingerprint density at radius 3 is 2.69 bits per heavy atom. The van der Waals surface area contributed by atoms with E-state index in [2.05, 4.69) is 4.74 Å². The number of methoxy groups -OCH3 is 1. The van der Waals surface area contributed by atoms with Crippen molar-refractivity contribution in [3.8, 4) is 0 Å². The predicted octanol–water partition coefficient (Wildman–Crippen LogP) is 0.577. The standard InChI is InChI=1S/C11H19NO4/c1-3-16-10(13)5-4-7-12-8-6-9(12)11(14)15-2/h9H,3-8H2,1-2H3. The van der Waals surface area contributed by atoms with E-state index in [4.69, 9.17) is 4.74 Å². The lowest BCUT2D eigenvalue weighted by atomic mass is 10.0. The zero-order chi connectivity index (χ0) is 12.0. The quantitative estimate of drug-likeness (QED) is 0.623. The molecule has 0 aliphatic carbocycles. The van der Waals surface area contributed by atoms with E-state index < -0.39 is 0 Å². The Bertz CT molecular complexity index is 254. The monoisotopic (exact) mass is 229 g/mol. The van der Waals surface area contributed by atoms with Crippen LogP contribution in [0.25, 0.3) is 0 Å². The van der Waals surface area contributed by atoms with Gasteiger partial charge in [-0.15, -0.1) is 0 Å². The Balaban J connectivity index is 2.14. The van der Waals surface area contributed by atoms with Gasteiger partial charge in [-0.25, -0.2) is 0 Å². The van der Waals surface area contributed by atoms with Crippen LogP contribution in [0.15, 0.2) is 0 Å². The third-order valence-corrected chi connectivity index (χ3v) is 2.74. The molecule has 1 saturated heterocycles. The highest BCUT2D eigenvalue weighted by Crippen LogP contribution is 2.18.